The molecule has 1 N–H and O–H groups in total. The number of hydrogen-bond donors (Lipinski definition) is 1. The van der Waals surface area contributed by atoms with E-state index in [1.807, 2.05) is 6.07 Å². The number of nitrogens with one attached hydrogen (secondary N) is 1. The second-order valence-corrected chi connectivity index (χ2v) is 6.94. The lowest BCUT2D eigenvalue weighted by atomic mass is 9.76. The number of rotatable bonds is 3. The van der Waals surface area contributed by atoms with Crippen LogP contribution in [0.25, 0.3) is 0 Å². The molecular formula is C16H13BrCl2FN. The maximum absolute atomic E-state index is 13.2. The minimum Gasteiger partial charge on any atom is -0.380 e. The fourth-order valence-corrected chi connectivity index (χ4v) is 3.86. The minimum atomic E-state index is -0.421. The standard InChI is InChI=1S/C16H13BrCl2FN/c17-13-4-2-1-3-12(13)9-5-11(6-9)21-16-14(18)7-10(20)8-15(16)19/h1-4,7-9,11,21H,5-6H2. The predicted octanol–water partition coefficient (Wildman–Crippen LogP) is 6.25. The molecule has 0 atom stereocenters. The van der Waals surface area contributed by atoms with Crippen LogP contribution in [0.2, 0.25) is 10.0 Å². The second-order valence-electron chi connectivity index (χ2n) is 5.28. The van der Waals surface area contributed by atoms with Gasteiger partial charge in [-0.2, -0.15) is 0 Å². The first-order valence-electron chi connectivity index (χ1n) is 6.70. The van der Waals surface area contributed by atoms with Gasteiger partial charge in [-0.1, -0.05) is 57.3 Å². The summed E-state index contributed by atoms with van der Waals surface area (Å²) >= 11 is 15.7. The number of benzene rings is 2. The highest BCUT2D eigenvalue weighted by Gasteiger charge is 2.32. The van der Waals surface area contributed by atoms with Gasteiger partial charge in [-0.15, -0.1) is 0 Å². The molecule has 1 aliphatic carbocycles. The van der Waals surface area contributed by atoms with E-state index in [2.05, 4.69) is 39.4 Å². The van der Waals surface area contributed by atoms with Crippen molar-refractivity contribution in [2.45, 2.75) is 24.8 Å². The van der Waals surface area contributed by atoms with Crippen LogP contribution in [0.1, 0.15) is 24.3 Å². The highest BCUT2D eigenvalue weighted by Crippen LogP contribution is 2.43. The first-order chi connectivity index (χ1) is 10.0. The molecule has 0 bridgehead atoms. The Labute approximate surface area is 141 Å². The van der Waals surface area contributed by atoms with Gasteiger partial charge in [0.05, 0.1) is 15.7 Å². The fourth-order valence-electron chi connectivity index (χ4n) is 2.68. The van der Waals surface area contributed by atoms with Crippen molar-refractivity contribution in [2.24, 2.45) is 0 Å². The lowest BCUT2D eigenvalue weighted by Gasteiger charge is -2.37. The van der Waals surface area contributed by atoms with Crippen molar-refractivity contribution < 1.29 is 4.39 Å². The summed E-state index contributed by atoms with van der Waals surface area (Å²) in [6.45, 7) is 0. The van der Waals surface area contributed by atoms with Crippen molar-refractivity contribution in [3.8, 4) is 0 Å². The van der Waals surface area contributed by atoms with Gasteiger partial charge < -0.3 is 5.32 Å². The maximum atomic E-state index is 13.2. The summed E-state index contributed by atoms with van der Waals surface area (Å²) in [6.07, 6.45) is 2.01. The Morgan fingerprint density at radius 1 is 1.10 bits per heavy atom. The average molecular weight is 389 g/mol. The molecule has 0 aromatic heterocycles. The zero-order valence-electron chi connectivity index (χ0n) is 11.0. The monoisotopic (exact) mass is 387 g/mol. The molecule has 0 amide bonds. The lowest BCUT2D eigenvalue weighted by Crippen LogP contribution is -2.34. The summed E-state index contributed by atoms with van der Waals surface area (Å²) in [4.78, 5) is 0. The smallest absolute Gasteiger partial charge is 0.126 e. The first kappa shape index (κ1) is 15.1. The molecule has 1 saturated carbocycles. The van der Waals surface area contributed by atoms with Crippen LogP contribution in [-0.2, 0) is 0 Å². The molecule has 2 aromatic rings. The molecule has 110 valence electrons. The highest BCUT2D eigenvalue weighted by molar-refractivity contribution is 9.10. The Morgan fingerprint density at radius 2 is 1.71 bits per heavy atom. The summed E-state index contributed by atoms with van der Waals surface area (Å²) in [6, 6.07) is 11.1. The van der Waals surface area contributed by atoms with Gasteiger partial charge in [0, 0.05) is 10.5 Å². The van der Waals surface area contributed by atoms with Crippen molar-refractivity contribution in [1.29, 1.82) is 0 Å². The largest absolute Gasteiger partial charge is 0.380 e. The van der Waals surface area contributed by atoms with Gasteiger partial charge in [0.15, 0.2) is 0 Å². The van der Waals surface area contributed by atoms with Crippen LogP contribution < -0.4 is 5.32 Å². The topological polar surface area (TPSA) is 12.0 Å². The van der Waals surface area contributed by atoms with Crippen molar-refractivity contribution >= 4 is 44.8 Å². The quantitative estimate of drug-likeness (QED) is 0.654. The second kappa shape index (κ2) is 6.15. The van der Waals surface area contributed by atoms with Crippen LogP contribution in [0, 0.1) is 5.82 Å². The van der Waals surface area contributed by atoms with E-state index in [-0.39, 0.29) is 0 Å². The van der Waals surface area contributed by atoms with Crippen LogP contribution >= 0.6 is 39.1 Å². The summed E-state index contributed by atoms with van der Waals surface area (Å²) in [5, 5.41) is 3.96. The average Bonchev–Trinajstić information content (AvgIpc) is 2.37. The van der Waals surface area contributed by atoms with E-state index in [1.165, 1.54) is 17.7 Å². The van der Waals surface area contributed by atoms with Gasteiger partial charge in [0.2, 0.25) is 0 Å². The Hall–Kier alpha value is -0.770. The molecular weight excluding hydrogens is 376 g/mol. The summed E-state index contributed by atoms with van der Waals surface area (Å²) in [5.41, 5.74) is 1.95. The maximum Gasteiger partial charge on any atom is 0.126 e. The minimum absolute atomic E-state index is 0.308. The Bertz CT molecular complexity index is 648. The van der Waals surface area contributed by atoms with Crippen molar-refractivity contribution in [1.82, 2.24) is 0 Å². The third-order valence-electron chi connectivity index (χ3n) is 3.84. The van der Waals surface area contributed by atoms with Crippen LogP contribution in [-0.4, -0.2) is 6.04 Å². The van der Waals surface area contributed by atoms with E-state index in [9.17, 15) is 4.39 Å². The molecule has 21 heavy (non-hydrogen) atoms. The fraction of sp³-hybridized carbons (Fsp3) is 0.250. The van der Waals surface area contributed by atoms with Gasteiger partial charge in [0.25, 0.3) is 0 Å². The summed E-state index contributed by atoms with van der Waals surface area (Å²) in [5.74, 6) is 0.103. The molecule has 0 heterocycles. The van der Waals surface area contributed by atoms with E-state index in [0.717, 1.165) is 17.3 Å². The third-order valence-corrected chi connectivity index (χ3v) is 5.16. The molecule has 0 aliphatic heterocycles. The van der Waals surface area contributed by atoms with Gasteiger partial charge in [0.1, 0.15) is 5.82 Å². The zero-order chi connectivity index (χ0) is 15.0. The summed E-state index contributed by atoms with van der Waals surface area (Å²) < 4.78 is 14.3. The van der Waals surface area contributed by atoms with Gasteiger partial charge in [-0.3, -0.25) is 0 Å². The third kappa shape index (κ3) is 3.20. The molecule has 0 saturated heterocycles. The van der Waals surface area contributed by atoms with E-state index in [0.29, 0.717) is 27.7 Å². The van der Waals surface area contributed by atoms with E-state index >= 15 is 0 Å². The lowest BCUT2D eigenvalue weighted by molar-refractivity contribution is 0.373. The van der Waals surface area contributed by atoms with E-state index < -0.39 is 5.82 Å². The van der Waals surface area contributed by atoms with Gasteiger partial charge in [-0.25, -0.2) is 4.39 Å². The Morgan fingerprint density at radius 3 is 2.33 bits per heavy atom. The van der Waals surface area contributed by atoms with Crippen LogP contribution in [0.5, 0.6) is 0 Å². The molecule has 1 aliphatic rings. The first-order valence-corrected chi connectivity index (χ1v) is 8.25. The molecule has 0 unspecified atom stereocenters. The van der Waals surface area contributed by atoms with Gasteiger partial charge in [-0.05, 0) is 42.5 Å². The molecule has 5 heteroatoms. The van der Waals surface area contributed by atoms with Crippen molar-refractivity contribution in [3.63, 3.8) is 0 Å². The molecule has 1 nitrogen and oxygen atoms in total. The number of anilines is 1. The zero-order valence-corrected chi connectivity index (χ0v) is 14.1. The van der Waals surface area contributed by atoms with E-state index in [4.69, 9.17) is 23.2 Å². The van der Waals surface area contributed by atoms with Crippen molar-refractivity contribution in [2.75, 3.05) is 5.32 Å². The van der Waals surface area contributed by atoms with Gasteiger partial charge >= 0.3 is 0 Å². The highest BCUT2D eigenvalue weighted by atomic mass is 79.9. The summed E-state index contributed by atoms with van der Waals surface area (Å²) in [7, 11) is 0. The molecule has 0 spiro atoms. The molecule has 3 rings (SSSR count). The Balaban J connectivity index is 1.67. The van der Waals surface area contributed by atoms with E-state index in [1.54, 1.807) is 0 Å². The molecule has 1 fully saturated rings. The molecule has 0 radical (unpaired) electrons. The van der Waals surface area contributed by atoms with Crippen LogP contribution in [0.4, 0.5) is 10.1 Å². The Kier molecular flexibility index (Phi) is 4.43. The molecule has 2 aromatic carbocycles. The van der Waals surface area contributed by atoms with Crippen LogP contribution in [0.15, 0.2) is 40.9 Å². The SMILES string of the molecule is Fc1cc(Cl)c(NC2CC(c3ccccc3Br)C2)c(Cl)c1. The van der Waals surface area contributed by atoms with Crippen LogP contribution in [0.3, 0.4) is 0 Å². The normalized spacial score (nSPS) is 21.0. The predicted molar refractivity (Wildman–Crippen MR) is 89.9 cm³/mol. The number of halogens is 4. The van der Waals surface area contributed by atoms with Crippen molar-refractivity contribution in [3.05, 3.63) is 62.3 Å². The number of hydrogen-bond acceptors (Lipinski definition) is 1.